The SMILES string of the molecule is CCOC(OCC)C(=O)c1ccccc1.COC.O=C(c1ccccc1)C(O)c1ccccc1. The monoisotopic (exact) mass is 466 g/mol. The fraction of sp³-hybridized carbons (Fsp3) is 0.286. The summed E-state index contributed by atoms with van der Waals surface area (Å²) < 4.78 is 14.7. The Hall–Kier alpha value is -3.16. The van der Waals surface area contributed by atoms with Gasteiger partial charge in [0.25, 0.3) is 0 Å². The summed E-state index contributed by atoms with van der Waals surface area (Å²) in [5, 5.41) is 9.89. The topological polar surface area (TPSA) is 82.1 Å². The minimum absolute atomic E-state index is 0.126. The van der Waals surface area contributed by atoms with E-state index in [1.165, 1.54) is 0 Å². The second-order valence-electron chi connectivity index (χ2n) is 6.92. The van der Waals surface area contributed by atoms with Crippen LogP contribution in [0.15, 0.2) is 91.0 Å². The van der Waals surface area contributed by atoms with Gasteiger partial charge in [0.2, 0.25) is 12.1 Å². The molecule has 0 saturated heterocycles. The van der Waals surface area contributed by atoms with Crippen molar-refractivity contribution in [1.82, 2.24) is 0 Å². The van der Waals surface area contributed by atoms with E-state index in [1.54, 1.807) is 74.9 Å². The molecule has 0 spiro atoms. The molecule has 3 rings (SSSR count). The van der Waals surface area contributed by atoms with E-state index in [1.807, 2.05) is 44.2 Å². The number of carbonyl (C=O) groups excluding carboxylic acids is 2. The Morgan fingerprint density at radius 1 is 0.676 bits per heavy atom. The van der Waals surface area contributed by atoms with Gasteiger partial charge in [0.05, 0.1) is 0 Å². The molecule has 0 heterocycles. The molecule has 0 aliphatic carbocycles. The normalized spacial score (nSPS) is 10.9. The summed E-state index contributed by atoms with van der Waals surface area (Å²) in [6.45, 7) is 4.60. The molecule has 182 valence electrons. The van der Waals surface area contributed by atoms with Crippen LogP contribution in [0, 0.1) is 0 Å². The molecular weight excluding hydrogens is 432 g/mol. The maximum Gasteiger partial charge on any atom is 0.222 e. The smallest absolute Gasteiger partial charge is 0.222 e. The average molecular weight is 467 g/mol. The van der Waals surface area contributed by atoms with Gasteiger partial charge in [-0.2, -0.15) is 0 Å². The highest BCUT2D eigenvalue weighted by atomic mass is 16.7. The van der Waals surface area contributed by atoms with Gasteiger partial charge in [-0.1, -0.05) is 91.0 Å². The van der Waals surface area contributed by atoms with Gasteiger partial charge in [0.15, 0.2) is 5.78 Å². The molecule has 1 unspecified atom stereocenters. The highest BCUT2D eigenvalue weighted by Gasteiger charge is 2.20. The lowest BCUT2D eigenvalue weighted by atomic mass is 10.0. The number of hydrogen-bond acceptors (Lipinski definition) is 6. The number of methoxy groups -OCH3 is 1. The van der Waals surface area contributed by atoms with Crippen LogP contribution < -0.4 is 0 Å². The molecule has 0 aliphatic heterocycles. The quantitative estimate of drug-likeness (QED) is 0.348. The Labute approximate surface area is 202 Å². The van der Waals surface area contributed by atoms with Crippen LogP contribution >= 0.6 is 0 Å². The van der Waals surface area contributed by atoms with Crippen molar-refractivity contribution in [3.63, 3.8) is 0 Å². The zero-order valence-corrected chi connectivity index (χ0v) is 20.2. The molecule has 6 nitrogen and oxygen atoms in total. The van der Waals surface area contributed by atoms with Crippen molar-refractivity contribution in [3.05, 3.63) is 108 Å². The van der Waals surface area contributed by atoms with Crippen LogP contribution in [-0.2, 0) is 14.2 Å². The van der Waals surface area contributed by atoms with Gasteiger partial charge in [-0.3, -0.25) is 9.59 Å². The molecule has 0 radical (unpaired) electrons. The van der Waals surface area contributed by atoms with E-state index in [9.17, 15) is 14.7 Å². The predicted molar refractivity (Wildman–Crippen MR) is 133 cm³/mol. The molecule has 0 fully saturated rings. The summed E-state index contributed by atoms with van der Waals surface area (Å²) in [7, 11) is 3.25. The fourth-order valence-corrected chi connectivity index (χ4v) is 2.79. The van der Waals surface area contributed by atoms with Crippen molar-refractivity contribution >= 4 is 11.6 Å². The Kier molecular flexibility index (Phi) is 14.7. The Balaban J connectivity index is 0.000000306. The Morgan fingerprint density at radius 2 is 1.03 bits per heavy atom. The maximum absolute atomic E-state index is 11.9. The van der Waals surface area contributed by atoms with Gasteiger partial charge in [-0.25, -0.2) is 0 Å². The lowest BCUT2D eigenvalue weighted by molar-refractivity contribution is -0.107. The molecule has 6 heteroatoms. The number of Topliss-reactive ketones (excluding diaryl/α,β-unsaturated/α-hetero) is 2. The third kappa shape index (κ3) is 10.2. The number of ether oxygens (including phenoxy) is 3. The summed E-state index contributed by atoms with van der Waals surface area (Å²) in [6.07, 6.45) is -1.86. The van der Waals surface area contributed by atoms with Crippen molar-refractivity contribution in [3.8, 4) is 0 Å². The number of rotatable bonds is 9. The minimum Gasteiger partial charge on any atom is -0.388 e. The Bertz CT molecular complexity index is 923. The Morgan fingerprint density at radius 3 is 1.41 bits per heavy atom. The van der Waals surface area contributed by atoms with Crippen LogP contribution in [0.1, 0.15) is 46.2 Å². The molecular formula is C28H34O6. The average Bonchev–Trinajstić information content (AvgIpc) is 2.89. The van der Waals surface area contributed by atoms with Gasteiger partial charge in [0, 0.05) is 38.6 Å². The first-order valence-corrected chi connectivity index (χ1v) is 11.0. The van der Waals surface area contributed by atoms with E-state index in [0.29, 0.717) is 29.9 Å². The van der Waals surface area contributed by atoms with Crippen molar-refractivity contribution < 1.29 is 28.9 Å². The molecule has 0 saturated carbocycles. The highest BCUT2D eigenvalue weighted by molar-refractivity contribution is 6.00. The maximum atomic E-state index is 11.9. The number of aliphatic hydroxyl groups excluding tert-OH is 1. The second kappa shape index (κ2) is 17.3. The minimum atomic E-state index is -1.08. The van der Waals surface area contributed by atoms with Crippen LogP contribution in [0.4, 0.5) is 0 Å². The number of hydrogen-bond donors (Lipinski definition) is 1. The van der Waals surface area contributed by atoms with Crippen LogP contribution in [0.2, 0.25) is 0 Å². The van der Waals surface area contributed by atoms with Crippen LogP contribution in [0.25, 0.3) is 0 Å². The first kappa shape index (κ1) is 28.9. The van der Waals surface area contributed by atoms with Gasteiger partial charge in [-0.05, 0) is 19.4 Å². The third-order valence-corrected chi connectivity index (χ3v) is 4.33. The zero-order valence-electron chi connectivity index (χ0n) is 20.2. The molecule has 0 aliphatic rings. The standard InChI is InChI=1S/C14H12O2.C12H16O3.C2H6O/c15-13(11-7-3-1-4-8-11)14(16)12-9-5-2-6-10-12;1-3-14-12(15-4-2)11(13)10-8-6-5-7-9-10;1-3-2/h1-10,13,15H;5-9,12H,3-4H2,1-2H3;1-2H3. The van der Waals surface area contributed by atoms with Crippen LogP contribution in [-0.4, -0.2) is 50.4 Å². The highest BCUT2D eigenvalue weighted by Crippen LogP contribution is 2.17. The molecule has 1 atom stereocenters. The van der Waals surface area contributed by atoms with Crippen LogP contribution in [0.3, 0.4) is 0 Å². The van der Waals surface area contributed by atoms with Crippen molar-refractivity contribution in [2.45, 2.75) is 26.2 Å². The largest absolute Gasteiger partial charge is 0.388 e. The van der Waals surface area contributed by atoms with E-state index in [2.05, 4.69) is 4.74 Å². The first-order chi connectivity index (χ1) is 16.5. The summed E-state index contributed by atoms with van der Waals surface area (Å²) in [5.41, 5.74) is 1.76. The van der Waals surface area contributed by atoms with E-state index < -0.39 is 12.4 Å². The lowest BCUT2D eigenvalue weighted by Gasteiger charge is -2.15. The molecule has 0 bridgehead atoms. The number of aliphatic hydroxyl groups is 1. The predicted octanol–water partition coefficient (Wildman–Crippen LogP) is 5.13. The van der Waals surface area contributed by atoms with Crippen LogP contribution in [0.5, 0.6) is 0 Å². The van der Waals surface area contributed by atoms with Gasteiger partial charge in [0.1, 0.15) is 6.10 Å². The number of ketones is 2. The van der Waals surface area contributed by atoms with E-state index >= 15 is 0 Å². The summed E-state index contributed by atoms with van der Waals surface area (Å²) in [5.74, 6) is -0.397. The van der Waals surface area contributed by atoms with Crippen molar-refractivity contribution in [1.29, 1.82) is 0 Å². The van der Waals surface area contributed by atoms with E-state index in [0.717, 1.165) is 0 Å². The van der Waals surface area contributed by atoms with Crippen molar-refractivity contribution in [2.75, 3.05) is 27.4 Å². The fourth-order valence-electron chi connectivity index (χ4n) is 2.79. The first-order valence-electron chi connectivity index (χ1n) is 11.0. The molecule has 3 aromatic rings. The van der Waals surface area contributed by atoms with Gasteiger partial charge in [-0.15, -0.1) is 0 Å². The van der Waals surface area contributed by atoms with Crippen molar-refractivity contribution in [2.24, 2.45) is 0 Å². The summed E-state index contributed by atoms with van der Waals surface area (Å²) in [6, 6.07) is 26.8. The molecule has 34 heavy (non-hydrogen) atoms. The molecule has 1 N–H and O–H groups in total. The molecule has 3 aromatic carbocycles. The van der Waals surface area contributed by atoms with Gasteiger partial charge < -0.3 is 19.3 Å². The van der Waals surface area contributed by atoms with Gasteiger partial charge >= 0.3 is 0 Å². The molecule has 0 aromatic heterocycles. The van der Waals surface area contributed by atoms with E-state index in [4.69, 9.17) is 9.47 Å². The summed E-state index contributed by atoms with van der Waals surface area (Å²) >= 11 is 0. The second-order valence-corrected chi connectivity index (χ2v) is 6.92. The lowest BCUT2D eigenvalue weighted by Crippen LogP contribution is -2.27. The third-order valence-electron chi connectivity index (χ3n) is 4.33. The number of carbonyl (C=O) groups is 2. The molecule has 0 amide bonds. The summed E-state index contributed by atoms with van der Waals surface area (Å²) in [4.78, 5) is 23.8. The number of benzene rings is 3. The van der Waals surface area contributed by atoms with E-state index in [-0.39, 0.29) is 11.6 Å². The zero-order chi connectivity index (χ0) is 25.2.